The van der Waals surface area contributed by atoms with Crippen LogP contribution >= 0.6 is 0 Å². The van der Waals surface area contributed by atoms with Crippen LogP contribution in [0.1, 0.15) is 6.42 Å². The molecule has 0 atom stereocenters. The van der Waals surface area contributed by atoms with Gasteiger partial charge < -0.3 is 10.5 Å². The molecule has 3 nitrogen and oxygen atoms in total. The smallest absolute Gasteiger partial charge is 0.332 e. The van der Waals surface area contributed by atoms with Crippen LogP contribution in [0.4, 0.5) is 0 Å². The Kier molecular flexibility index (Phi) is 4.04. The Morgan fingerprint density at radius 1 is 1.80 bits per heavy atom. The third-order valence-electron chi connectivity index (χ3n) is 0.884. The summed E-state index contributed by atoms with van der Waals surface area (Å²) in [5.74, 6) is -0.431. The summed E-state index contributed by atoms with van der Waals surface area (Å²) in [7, 11) is 1.31. The molecule has 0 rings (SSSR count). The molecule has 0 bridgehead atoms. The maximum Gasteiger partial charge on any atom is 0.332 e. The highest BCUT2D eigenvalue weighted by molar-refractivity contribution is 5.82. The number of hydrogen-bond acceptors (Lipinski definition) is 3. The molecule has 0 radical (unpaired) electrons. The van der Waals surface area contributed by atoms with E-state index in [9.17, 15) is 4.79 Å². The van der Waals surface area contributed by atoms with Crippen LogP contribution in [-0.2, 0) is 9.53 Å². The van der Waals surface area contributed by atoms with Crippen molar-refractivity contribution in [2.45, 2.75) is 6.42 Å². The minimum atomic E-state index is -0.431. The fourth-order valence-corrected chi connectivity index (χ4v) is 0.436. The zero-order valence-electron chi connectivity index (χ0n) is 5.96. The second-order valence-corrected chi connectivity index (χ2v) is 1.74. The predicted octanol–water partition coefficient (Wildman–Crippen LogP) is 0.578. The van der Waals surface area contributed by atoms with Crippen molar-refractivity contribution >= 4 is 5.97 Å². The van der Waals surface area contributed by atoms with Crippen molar-refractivity contribution in [2.75, 3.05) is 7.11 Å². The molecule has 0 aromatic rings. The third-order valence-corrected chi connectivity index (χ3v) is 0.884. The third kappa shape index (κ3) is 3.72. The summed E-state index contributed by atoms with van der Waals surface area (Å²) in [5.41, 5.74) is 5.81. The molecule has 10 heavy (non-hydrogen) atoms. The number of rotatable bonds is 3. The fourth-order valence-electron chi connectivity index (χ4n) is 0.436. The van der Waals surface area contributed by atoms with Crippen molar-refractivity contribution in [3.8, 4) is 0 Å². The molecule has 0 aliphatic heterocycles. The number of nitrogens with two attached hydrogens (primary N) is 1. The Morgan fingerprint density at radius 2 is 2.40 bits per heavy atom. The molecule has 0 fully saturated rings. The van der Waals surface area contributed by atoms with E-state index >= 15 is 0 Å². The molecule has 0 aliphatic carbocycles. The second kappa shape index (κ2) is 4.61. The molecule has 3 heteroatoms. The van der Waals surface area contributed by atoms with Crippen molar-refractivity contribution in [1.82, 2.24) is 0 Å². The zero-order chi connectivity index (χ0) is 7.98. The summed E-state index contributed by atoms with van der Waals surface area (Å²) in [6.45, 7) is 3.46. The van der Waals surface area contributed by atoms with Crippen molar-refractivity contribution in [3.63, 3.8) is 0 Å². The van der Waals surface area contributed by atoms with Crippen LogP contribution in [0.5, 0.6) is 0 Å². The molecule has 0 unspecified atom stereocenters. The number of carbonyl (C=O) groups is 1. The van der Waals surface area contributed by atoms with Crippen LogP contribution < -0.4 is 5.73 Å². The first-order valence-corrected chi connectivity index (χ1v) is 2.85. The van der Waals surface area contributed by atoms with E-state index < -0.39 is 5.97 Å². The topological polar surface area (TPSA) is 52.3 Å². The number of carbonyl (C=O) groups excluding carboxylic acids is 1. The van der Waals surface area contributed by atoms with Crippen LogP contribution in [0.15, 0.2) is 24.4 Å². The molecule has 0 aromatic carbocycles. The van der Waals surface area contributed by atoms with E-state index in [4.69, 9.17) is 5.73 Å². The number of esters is 1. The van der Waals surface area contributed by atoms with E-state index in [0.29, 0.717) is 12.1 Å². The predicted molar refractivity (Wildman–Crippen MR) is 39.1 cm³/mol. The number of allylic oxidation sites excluding steroid dienone is 1. The van der Waals surface area contributed by atoms with E-state index in [2.05, 4.69) is 11.3 Å². The van der Waals surface area contributed by atoms with Gasteiger partial charge in [-0.15, -0.1) is 6.58 Å². The maximum atomic E-state index is 10.5. The highest BCUT2D eigenvalue weighted by Gasteiger charge is 1.93. The SMILES string of the molecule is C=CC/C(N)=C/C(=O)OC. The normalized spacial score (nSPS) is 10.7. The van der Waals surface area contributed by atoms with E-state index in [-0.39, 0.29) is 0 Å². The van der Waals surface area contributed by atoms with Crippen LogP contribution in [0.25, 0.3) is 0 Å². The summed E-state index contributed by atoms with van der Waals surface area (Å²) < 4.78 is 4.34. The molecule has 2 N–H and O–H groups in total. The molecular weight excluding hydrogens is 130 g/mol. The highest BCUT2D eigenvalue weighted by Crippen LogP contribution is 1.92. The lowest BCUT2D eigenvalue weighted by atomic mass is 10.3. The van der Waals surface area contributed by atoms with E-state index in [1.807, 2.05) is 0 Å². The van der Waals surface area contributed by atoms with Crippen LogP contribution in [0.3, 0.4) is 0 Å². The average molecular weight is 141 g/mol. The van der Waals surface area contributed by atoms with Crippen LogP contribution in [0.2, 0.25) is 0 Å². The molecule has 0 amide bonds. The van der Waals surface area contributed by atoms with Gasteiger partial charge in [0.15, 0.2) is 0 Å². The van der Waals surface area contributed by atoms with Gasteiger partial charge in [0.05, 0.1) is 7.11 Å². The quantitative estimate of drug-likeness (QED) is 0.355. The molecule has 0 spiro atoms. The van der Waals surface area contributed by atoms with E-state index in [1.54, 1.807) is 6.08 Å². The van der Waals surface area contributed by atoms with Crippen molar-refractivity contribution in [3.05, 3.63) is 24.4 Å². The lowest BCUT2D eigenvalue weighted by Crippen LogP contribution is -2.02. The standard InChI is InChI=1S/C7H11NO2/c1-3-4-6(8)5-7(9)10-2/h3,5H,1,4,8H2,2H3/b6-5-. The molecule has 0 aromatic heterocycles. The van der Waals surface area contributed by atoms with Gasteiger partial charge in [0.25, 0.3) is 0 Å². The van der Waals surface area contributed by atoms with Gasteiger partial charge in [0.1, 0.15) is 0 Å². The summed E-state index contributed by atoms with van der Waals surface area (Å²) >= 11 is 0. The van der Waals surface area contributed by atoms with E-state index in [0.717, 1.165) is 0 Å². The first-order chi connectivity index (χ1) is 4.70. The monoisotopic (exact) mass is 141 g/mol. The summed E-state index contributed by atoms with van der Waals surface area (Å²) in [6.07, 6.45) is 3.37. The maximum absolute atomic E-state index is 10.5. The number of ether oxygens (including phenoxy) is 1. The lowest BCUT2D eigenvalue weighted by molar-refractivity contribution is -0.134. The first kappa shape index (κ1) is 8.75. The molecule has 0 heterocycles. The van der Waals surface area contributed by atoms with Gasteiger partial charge in [-0.1, -0.05) is 6.08 Å². The van der Waals surface area contributed by atoms with Gasteiger partial charge >= 0.3 is 5.97 Å². The molecule has 0 saturated heterocycles. The largest absolute Gasteiger partial charge is 0.466 e. The molecular formula is C7H11NO2. The average Bonchev–Trinajstić information content (AvgIpc) is 1.88. The van der Waals surface area contributed by atoms with Crippen molar-refractivity contribution in [2.24, 2.45) is 5.73 Å². The molecule has 56 valence electrons. The minimum absolute atomic E-state index is 0.431. The van der Waals surface area contributed by atoms with Crippen LogP contribution in [0, 0.1) is 0 Å². The number of hydrogen-bond donors (Lipinski definition) is 1. The van der Waals surface area contributed by atoms with Gasteiger partial charge in [0.2, 0.25) is 0 Å². The summed E-state index contributed by atoms with van der Waals surface area (Å²) in [5, 5.41) is 0. The Morgan fingerprint density at radius 3 is 2.80 bits per heavy atom. The van der Waals surface area contributed by atoms with Crippen LogP contribution in [-0.4, -0.2) is 13.1 Å². The summed E-state index contributed by atoms with van der Waals surface area (Å²) in [6, 6.07) is 0. The Balaban J connectivity index is 3.88. The lowest BCUT2D eigenvalue weighted by Gasteiger charge is -1.94. The second-order valence-electron chi connectivity index (χ2n) is 1.74. The van der Waals surface area contributed by atoms with Gasteiger partial charge in [0, 0.05) is 18.2 Å². The number of methoxy groups -OCH3 is 1. The van der Waals surface area contributed by atoms with Gasteiger partial charge in [-0.05, 0) is 0 Å². The molecule has 0 saturated carbocycles. The summed E-state index contributed by atoms with van der Waals surface area (Å²) in [4.78, 5) is 10.5. The van der Waals surface area contributed by atoms with Crippen molar-refractivity contribution in [1.29, 1.82) is 0 Å². The molecule has 0 aliphatic rings. The Bertz CT molecular complexity index is 161. The van der Waals surface area contributed by atoms with Gasteiger partial charge in [-0.25, -0.2) is 4.79 Å². The van der Waals surface area contributed by atoms with E-state index in [1.165, 1.54) is 13.2 Å². The fraction of sp³-hybridized carbons (Fsp3) is 0.286. The Hall–Kier alpha value is -1.25. The zero-order valence-corrected chi connectivity index (χ0v) is 5.96. The Labute approximate surface area is 60.2 Å². The van der Waals surface area contributed by atoms with Crippen molar-refractivity contribution < 1.29 is 9.53 Å². The minimum Gasteiger partial charge on any atom is -0.466 e. The van der Waals surface area contributed by atoms with Gasteiger partial charge in [-0.2, -0.15) is 0 Å². The highest BCUT2D eigenvalue weighted by atomic mass is 16.5. The first-order valence-electron chi connectivity index (χ1n) is 2.85. The van der Waals surface area contributed by atoms with Gasteiger partial charge in [-0.3, -0.25) is 0 Å².